The van der Waals surface area contributed by atoms with Crippen LogP contribution in [0.3, 0.4) is 0 Å². The fraction of sp³-hybridized carbons (Fsp3) is 0.333. The highest BCUT2D eigenvalue weighted by Crippen LogP contribution is 2.27. The smallest absolute Gasteiger partial charge is 0.409 e. The quantitative estimate of drug-likeness (QED) is 0.413. The summed E-state index contributed by atoms with van der Waals surface area (Å²) in [7, 11) is 2.65. The Morgan fingerprint density at radius 1 is 1.11 bits per heavy atom. The van der Waals surface area contributed by atoms with Crippen molar-refractivity contribution in [3.05, 3.63) is 76.0 Å². The van der Waals surface area contributed by atoms with Gasteiger partial charge in [-0.15, -0.1) is 11.3 Å². The van der Waals surface area contributed by atoms with Crippen LogP contribution in [-0.2, 0) is 28.8 Å². The third kappa shape index (κ3) is 7.67. The number of halogens is 3. The Kier molecular flexibility index (Phi) is 8.86. The second kappa shape index (κ2) is 11.8. The van der Waals surface area contributed by atoms with Crippen LogP contribution in [-0.4, -0.2) is 53.2 Å². The molecular weight excluding hydrogens is 495 g/mol. The maximum atomic E-state index is 13.5. The minimum absolute atomic E-state index is 0.126. The van der Waals surface area contributed by atoms with Crippen LogP contribution in [0.5, 0.6) is 0 Å². The molecule has 12 heteroatoms. The number of carbonyl (C=O) groups is 2. The van der Waals surface area contributed by atoms with Crippen LogP contribution >= 0.6 is 11.3 Å². The van der Waals surface area contributed by atoms with Gasteiger partial charge in [0.15, 0.2) is 0 Å². The first kappa shape index (κ1) is 26.9. The summed E-state index contributed by atoms with van der Waals surface area (Å²) >= 11 is 1.03. The highest BCUT2D eigenvalue weighted by molar-refractivity contribution is 7.09. The molecule has 8 nitrogen and oxygen atoms in total. The van der Waals surface area contributed by atoms with Crippen LogP contribution in [0.4, 0.5) is 23.7 Å². The van der Waals surface area contributed by atoms with E-state index in [0.717, 1.165) is 22.5 Å². The van der Waals surface area contributed by atoms with Gasteiger partial charge in [0.2, 0.25) is 5.91 Å². The van der Waals surface area contributed by atoms with Crippen LogP contribution in [0.15, 0.2) is 54.2 Å². The lowest BCUT2D eigenvalue weighted by Gasteiger charge is -2.28. The van der Waals surface area contributed by atoms with E-state index in [4.69, 9.17) is 10.5 Å². The van der Waals surface area contributed by atoms with Crippen LogP contribution < -0.4 is 11.1 Å². The Labute approximate surface area is 210 Å². The second-order valence-electron chi connectivity index (χ2n) is 8.13. The number of pyridine rings is 1. The number of methoxy groups -OCH3 is 1. The van der Waals surface area contributed by atoms with E-state index in [1.807, 2.05) is 0 Å². The molecular formula is C24H26F3N5O3S. The molecule has 1 unspecified atom stereocenters. The third-order valence-electron chi connectivity index (χ3n) is 5.40. The zero-order valence-electron chi connectivity index (χ0n) is 19.7. The van der Waals surface area contributed by atoms with Crippen molar-refractivity contribution < 1.29 is 27.5 Å². The summed E-state index contributed by atoms with van der Waals surface area (Å²) in [6.07, 6.45) is -2.70. The number of aromatic nitrogens is 2. The number of carbonyl (C=O) groups excluding carboxylic acids is 2. The van der Waals surface area contributed by atoms with Crippen molar-refractivity contribution in [1.82, 2.24) is 20.2 Å². The van der Waals surface area contributed by atoms with Gasteiger partial charge in [-0.3, -0.25) is 14.7 Å². The van der Waals surface area contributed by atoms with Gasteiger partial charge in [0, 0.05) is 36.9 Å². The summed E-state index contributed by atoms with van der Waals surface area (Å²) < 4.78 is 43.5. The van der Waals surface area contributed by atoms with Crippen molar-refractivity contribution in [3.63, 3.8) is 0 Å². The maximum Gasteiger partial charge on any atom is 0.409 e. The number of ether oxygens (including phenoxy) is 1. The molecule has 0 radical (unpaired) electrons. The number of nitrogens with zero attached hydrogens (tertiary/aromatic N) is 3. The average molecular weight is 522 g/mol. The van der Waals surface area contributed by atoms with Crippen molar-refractivity contribution in [3.8, 4) is 0 Å². The number of hydrogen-bond acceptors (Lipinski definition) is 7. The summed E-state index contributed by atoms with van der Waals surface area (Å²) in [4.78, 5) is 35.0. The predicted molar refractivity (Wildman–Crippen MR) is 129 cm³/mol. The number of hydrogen-bond donors (Lipinski definition) is 2. The standard InChI is InChI=1S/C24H26F3N5O3S/c1-32(23(34)35-2)20(12-16-7-9-29-10-8-16)21(33)31-19(11-15-3-5-17(28)6-4-15)22-30-18(14-36-22)13-24(25,26)27/h3-10,14,19-20H,11-13,28H2,1-2H3,(H,31,33)/t19-,20?/m0/s1. The lowest BCUT2D eigenvalue weighted by Crippen LogP contribution is -2.50. The van der Waals surface area contributed by atoms with Crippen molar-refractivity contribution in [2.45, 2.75) is 37.5 Å². The molecule has 2 aromatic heterocycles. The Hall–Kier alpha value is -3.67. The third-order valence-corrected chi connectivity index (χ3v) is 6.40. The molecule has 0 bridgehead atoms. The van der Waals surface area contributed by atoms with Gasteiger partial charge in [-0.2, -0.15) is 13.2 Å². The molecule has 3 rings (SSSR count). The van der Waals surface area contributed by atoms with E-state index < -0.39 is 36.7 Å². The van der Waals surface area contributed by atoms with E-state index in [1.54, 1.807) is 48.8 Å². The van der Waals surface area contributed by atoms with Crippen molar-refractivity contribution in [1.29, 1.82) is 0 Å². The highest BCUT2D eigenvalue weighted by Gasteiger charge is 2.32. The number of likely N-dealkylation sites (N-methyl/N-ethyl adjacent to an activating group) is 1. The number of rotatable bonds is 9. The molecule has 3 aromatic rings. The number of amides is 2. The van der Waals surface area contributed by atoms with Crippen LogP contribution in [0.1, 0.15) is 27.9 Å². The number of thiazole rings is 1. The van der Waals surface area contributed by atoms with Gasteiger partial charge >= 0.3 is 12.3 Å². The van der Waals surface area contributed by atoms with E-state index in [0.29, 0.717) is 10.7 Å². The SMILES string of the molecule is COC(=O)N(C)C(Cc1ccncc1)C(=O)N[C@@H](Cc1ccc(N)cc1)c1nc(CC(F)(F)F)cs1. The van der Waals surface area contributed by atoms with Crippen LogP contribution in [0.2, 0.25) is 0 Å². The Morgan fingerprint density at radius 2 is 1.75 bits per heavy atom. The first-order valence-electron chi connectivity index (χ1n) is 10.9. The van der Waals surface area contributed by atoms with Gasteiger partial charge < -0.3 is 15.8 Å². The molecule has 2 atom stereocenters. The molecule has 0 fully saturated rings. The topological polar surface area (TPSA) is 110 Å². The fourth-order valence-electron chi connectivity index (χ4n) is 3.55. The average Bonchev–Trinajstić information content (AvgIpc) is 3.29. The van der Waals surface area contributed by atoms with E-state index in [-0.39, 0.29) is 18.5 Å². The van der Waals surface area contributed by atoms with Gasteiger partial charge in [0.05, 0.1) is 25.3 Å². The Balaban J connectivity index is 1.89. The summed E-state index contributed by atoms with van der Waals surface area (Å²) in [6, 6.07) is 8.69. The Morgan fingerprint density at radius 3 is 2.36 bits per heavy atom. The summed E-state index contributed by atoms with van der Waals surface area (Å²) in [5.41, 5.74) is 7.75. The van der Waals surface area contributed by atoms with Crippen molar-refractivity contribution >= 4 is 29.0 Å². The molecule has 0 saturated heterocycles. The molecule has 192 valence electrons. The zero-order valence-corrected chi connectivity index (χ0v) is 20.5. The predicted octanol–water partition coefficient (Wildman–Crippen LogP) is 3.93. The molecule has 0 spiro atoms. The van der Waals surface area contributed by atoms with Crippen molar-refractivity contribution in [2.24, 2.45) is 0 Å². The lowest BCUT2D eigenvalue weighted by molar-refractivity contribution is -0.128. The van der Waals surface area contributed by atoms with Gasteiger partial charge in [0.25, 0.3) is 0 Å². The van der Waals surface area contributed by atoms with Crippen LogP contribution in [0.25, 0.3) is 0 Å². The molecule has 0 saturated carbocycles. The number of anilines is 1. The highest BCUT2D eigenvalue weighted by atomic mass is 32.1. The summed E-state index contributed by atoms with van der Waals surface area (Å²) in [5, 5.41) is 4.54. The van der Waals surface area contributed by atoms with Gasteiger partial charge in [0.1, 0.15) is 11.0 Å². The summed E-state index contributed by atoms with van der Waals surface area (Å²) in [6.45, 7) is 0. The van der Waals surface area contributed by atoms with Crippen molar-refractivity contribution in [2.75, 3.05) is 19.9 Å². The number of nitrogens with two attached hydrogens (primary N) is 1. The number of nitrogen functional groups attached to an aromatic ring is 1. The molecule has 2 amide bonds. The van der Waals surface area contributed by atoms with E-state index in [1.165, 1.54) is 24.4 Å². The maximum absolute atomic E-state index is 13.5. The number of benzene rings is 1. The molecule has 0 aliphatic rings. The molecule has 0 aliphatic carbocycles. The fourth-order valence-corrected chi connectivity index (χ4v) is 4.41. The summed E-state index contributed by atoms with van der Waals surface area (Å²) in [5.74, 6) is -0.507. The number of alkyl halides is 3. The van der Waals surface area contributed by atoms with Crippen LogP contribution in [0, 0.1) is 0 Å². The zero-order chi connectivity index (χ0) is 26.3. The minimum atomic E-state index is -4.40. The van der Waals surface area contributed by atoms with E-state index in [2.05, 4.69) is 15.3 Å². The largest absolute Gasteiger partial charge is 0.453 e. The second-order valence-corrected chi connectivity index (χ2v) is 9.02. The minimum Gasteiger partial charge on any atom is -0.453 e. The molecule has 0 aliphatic heterocycles. The number of nitrogens with one attached hydrogen (secondary N) is 1. The molecule has 3 N–H and O–H groups in total. The monoisotopic (exact) mass is 521 g/mol. The van der Waals surface area contributed by atoms with Gasteiger partial charge in [-0.1, -0.05) is 12.1 Å². The van der Waals surface area contributed by atoms with Gasteiger partial charge in [-0.05, 0) is 41.8 Å². The first-order valence-corrected chi connectivity index (χ1v) is 11.8. The Bertz CT molecular complexity index is 1160. The molecule has 2 heterocycles. The van der Waals surface area contributed by atoms with E-state index >= 15 is 0 Å². The molecule has 36 heavy (non-hydrogen) atoms. The van der Waals surface area contributed by atoms with E-state index in [9.17, 15) is 22.8 Å². The molecule has 1 aromatic carbocycles. The lowest BCUT2D eigenvalue weighted by atomic mass is 10.0. The first-order chi connectivity index (χ1) is 17.1. The normalized spacial score (nSPS) is 13.0. The van der Waals surface area contributed by atoms with Gasteiger partial charge in [-0.25, -0.2) is 9.78 Å².